The standard InChI is InChI=1S/C13H18ClN3O4S.ClH/c1-8-11(14)6-10(7-13(8)17(18)19)22(20,21)16-12-4-3-5-15-9(12)2;/h6-7,9,12,15-16H,3-5H2,1-2H3;1H. The van der Waals surface area contributed by atoms with Crippen LogP contribution in [0.25, 0.3) is 0 Å². The van der Waals surface area contributed by atoms with Crippen molar-refractivity contribution >= 4 is 39.7 Å². The van der Waals surface area contributed by atoms with E-state index in [1.54, 1.807) is 0 Å². The van der Waals surface area contributed by atoms with E-state index in [2.05, 4.69) is 10.0 Å². The van der Waals surface area contributed by atoms with E-state index in [4.69, 9.17) is 11.6 Å². The number of nitrogens with zero attached hydrogens (tertiary/aromatic N) is 1. The van der Waals surface area contributed by atoms with E-state index in [1.165, 1.54) is 13.0 Å². The van der Waals surface area contributed by atoms with Crippen molar-refractivity contribution in [1.82, 2.24) is 10.0 Å². The average molecular weight is 384 g/mol. The highest BCUT2D eigenvalue weighted by atomic mass is 35.5. The molecule has 0 saturated carbocycles. The first-order valence-electron chi connectivity index (χ1n) is 6.92. The molecule has 1 aliphatic rings. The highest BCUT2D eigenvalue weighted by molar-refractivity contribution is 7.89. The Bertz CT molecular complexity index is 697. The van der Waals surface area contributed by atoms with Crippen molar-refractivity contribution in [2.75, 3.05) is 6.54 Å². The molecule has 2 unspecified atom stereocenters. The summed E-state index contributed by atoms with van der Waals surface area (Å²) in [5.74, 6) is 0. The molecule has 130 valence electrons. The second kappa shape index (κ2) is 7.76. The molecule has 2 N–H and O–H groups in total. The van der Waals surface area contributed by atoms with Crippen molar-refractivity contribution in [3.05, 3.63) is 32.8 Å². The first-order valence-corrected chi connectivity index (χ1v) is 8.78. The van der Waals surface area contributed by atoms with Crippen LogP contribution in [0, 0.1) is 17.0 Å². The minimum absolute atomic E-state index is 0. The van der Waals surface area contributed by atoms with Crippen LogP contribution in [-0.4, -0.2) is 32.0 Å². The van der Waals surface area contributed by atoms with Gasteiger partial charge in [0.25, 0.3) is 5.69 Å². The lowest BCUT2D eigenvalue weighted by Gasteiger charge is -2.30. The van der Waals surface area contributed by atoms with Crippen LogP contribution in [-0.2, 0) is 10.0 Å². The summed E-state index contributed by atoms with van der Waals surface area (Å²) in [6.45, 7) is 4.23. The molecular formula is C13H19Cl2N3O4S. The zero-order chi connectivity index (χ0) is 16.5. The van der Waals surface area contributed by atoms with Gasteiger partial charge < -0.3 is 5.32 Å². The molecule has 0 radical (unpaired) electrons. The van der Waals surface area contributed by atoms with Gasteiger partial charge in [-0.1, -0.05) is 11.6 Å². The van der Waals surface area contributed by atoms with Gasteiger partial charge in [-0.05, 0) is 39.3 Å². The van der Waals surface area contributed by atoms with Crippen LogP contribution in [0.15, 0.2) is 17.0 Å². The van der Waals surface area contributed by atoms with Gasteiger partial charge in [-0.3, -0.25) is 10.1 Å². The van der Waals surface area contributed by atoms with Crippen LogP contribution in [0.2, 0.25) is 5.02 Å². The molecule has 1 heterocycles. The number of halogens is 2. The highest BCUT2D eigenvalue weighted by Gasteiger charge is 2.28. The Morgan fingerprint density at radius 1 is 1.43 bits per heavy atom. The molecule has 1 aromatic rings. The van der Waals surface area contributed by atoms with E-state index in [9.17, 15) is 18.5 Å². The molecule has 2 atom stereocenters. The number of nitrogens with one attached hydrogen (secondary N) is 2. The quantitative estimate of drug-likeness (QED) is 0.613. The number of hydrogen-bond acceptors (Lipinski definition) is 5. The Labute approximate surface area is 146 Å². The minimum Gasteiger partial charge on any atom is -0.313 e. The van der Waals surface area contributed by atoms with Crippen molar-refractivity contribution in [2.45, 2.75) is 43.7 Å². The fourth-order valence-electron chi connectivity index (χ4n) is 2.46. The Kier molecular flexibility index (Phi) is 6.79. The Hall–Kier alpha value is -0.930. The summed E-state index contributed by atoms with van der Waals surface area (Å²) >= 11 is 5.93. The monoisotopic (exact) mass is 383 g/mol. The van der Waals surface area contributed by atoms with Crippen LogP contribution in [0.4, 0.5) is 5.69 Å². The summed E-state index contributed by atoms with van der Waals surface area (Å²) in [5.41, 5.74) is -0.0546. The first-order chi connectivity index (χ1) is 10.2. The van der Waals surface area contributed by atoms with Gasteiger partial charge in [-0.25, -0.2) is 13.1 Å². The van der Waals surface area contributed by atoms with Crippen molar-refractivity contribution in [2.24, 2.45) is 0 Å². The van der Waals surface area contributed by atoms with Crippen molar-refractivity contribution in [3.8, 4) is 0 Å². The number of sulfonamides is 1. The van der Waals surface area contributed by atoms with E-state index in [0.717, 1.165) is 25.5 Å². The number of piperidine rings is 1. The lowest BCUT2D eigenvalue weighted by molar-refractivity contribution is -0.385. The molecule has 1 aromatic carbocycles. The number of nitro groups is 1. The third-order valence-electron chi connectivity index (χ3n) is 3.87. The number of nitro benzene ring substituents is 1. The Morgan fingerprint density at radius 2 is 2.09 bits per heavy atom. The van der Waals surface area contributed by atoms with Crippen LogP contribution in [0.1, 0.15) is 25.3 Å². The molecular weight excluding hydrogens is 365 g/mol. The molecule has 0 bridgehead atoms. The van der Waals surface area contributed by atoms with Crippen LogP contribution in [0.3, 0.4) is 0 Å². The van der Waals surface area contributed by atoms with Gasteiger partial charge in [-0.2, -0.15) is 0 Å². The molecule has 2 rings (SSSR count). The van der Waals surface area contributed by atoms with Crippen LogP contribution in [0.5, 0.6) is 0 Å². The predicted molar refractivity (Wildman–Crippen MR) is 90.9 cm³/mol. The molecule has 0 aromatic heterocycles. The van der Waals surface area contributed by atoms with Crippen LogP contribution < -0.4 is 10.0 Å². The second-order valence-corrected chi connectivity index (χ2v) is 7.54. The van der Waals surface area contributed by atoms with Gasteiger partial charge in [0.05, 0.1) is 14.8 Å². The summed E-state index contributed by atoms with van der Waals surface area (Å²) < 4.78 is 27.5. The molecule has 7 nitrogen and oxygen atoms in total. The maximum absolute atomic E-state index is 12.5. The summed E-state index contributed by atoms with van der Waals surface area (Å²) in [6, 6.07) is 2.04. The fraction of sp³-hybridized carbons (Fsp3) is 0.538. The normalized spacial score (nSPS) is 21.5. The topological polar surface area (TPSA) is 101 Å². The largest absolute Gasteiger partial charge is 0.313 e. The van der Waals surface area contributed by atoms with E-state index >= 15 is 0 Å². The molecule has 0 amide bonds. The molecule has 23 heavy (non-hydrogen) atoms. The van der Waals surface area contributed by atoms with Gasteiger partial charge in [0, 0.05) is 23.7 Å². The molecule has 1 saturated heterocycles. The maximum Gasteiger partial charge on any atom is 0.275 e. The Morgan fingerprint density at radius 3 is 2.65 bits per heavy atom. The Balaban J connectivity index is 0.00000264. The van der Waals surface area contributed by atoms with E-state index in [-0.39, 0.29) is 45.7 Å². The van der Waals surface area contributed by atoms with Crippen LogP contribution >= 0.6 is 24.0 Å². The number of benzene rings is 1. The van der Waals surface area contributed by atoms with E-state index in [1.807, 2.05) is 6.92 Å². The summed E-state index contributed by atoms with van der Waals surface area (Å²) in [5, 5.41) is 14.3. The summed E-state index contributed by atoms with van der Waals surface area (Å²) in [7, 11) is -3.87. The third kappa shape index (κ3) is 4.54. The molecule has 1 fully saturated rings. The van der Waals surface area contributed by atoms with Crippen molar-refractivity contribution in [3.63, 3.8) is 0 Å². The smallest absolute Gasteiger partial charge is 0.275 e. The molecule has 1 aliphatic heterocycles. The van der Waals surface area contributed by atoms with Gasteiger partial charge in [0.2, 0.25) is 10.0 Å². The summed E-state index contributed by atoms with van der Waals surface area (Å²) in [6.07, 6.45) is 1.58. The predicted octanol–water partition coefficient (Wildman–Crippen LogP) is 2.40. The maximum atomic E-state index is 12.5. The van der Waals surface area contributed by atoms with Gasteiger partial charge in [0.15, 0.2) is 0 Å². The number of rotatable bonds is 4. The molecule has 10 heteroatoms. The lowest BCUT2D eigenvalue weighted by Crippen LogP contribution is -2.51. The zero-order valence-electron chi connectivity index (χ0n) is 12.7. The van der Waals surface area contributed by atoms with Crippen molar-refractivity contribution < 1.29 is 13.3 Å². The van der Waals surface area contributed by atoms with Gasteiger partial charge in [-0.15, -0.1) is 12.4 Å². The van der Waals surface area contributed by atoms with E-state index in [0.29, 0.717) is 0 Å². The lowest BCUT2D eigenvalue weighted by atomic mass is 10.0. The number of hydrogen-bond donors (Lipinski definition) is 2. The minimum atomic E-state index is -3.87. The second-order valence-electron chi connectivity index (χ2n) is 5.42. The highest BCUT2D eigenvalue weighted by Crippen LogP contribution is 2.29. The van der Waals surface area contributed by atoms with E-state index < -0.39 is 14.9 Å². The first kappa shape index (κ1) is 20.1. The zero-order valence-corrected chi connectivity index (χ0v) is 15.1. The fourth-order valence-corrected chi connectivity index (χ4v) is 4.13. The molecule has 0 aliphatic carbocycles. The third-order valence-corrected chi connectivity index (χ3v) is 5.73. The van der Waals surface area contributed by atoms with Gasteiger partial charge in [0.1, 0.15) is 0 Å². The SMILES string of the molecule is Cc1c(Cl)cc(S(=O)(=O)NC2CCCNC2C)cc1[N+](=O)[O-].Cl. The molecule has 0 spiro atoms. The van der Waals surface area contributed by atoms with Crippen molar-refractivity contribution in [1.29, 1.82) is 0 Å². The van der Waals surface area contributed by atoms with Gasteiger partial charge >= 0.3 is 0 Å². The summed E-state index contributed by atoms with van der Waals surface area (Å²) in [4.78, 5) is 10.2. The average Bonchev–Trinajstić information content (AvgIpc) is 2.43.